The number of allylic oxidation sites excluding steroid dienone is 1. The summed E-state index contributed by atoms with van der Waals surface area (Å²) in [7, 11) is 0. The van der Waals surface area contributed by atoms with E-state index in [9.17, 15) is 9.90 Å². The molecule has 0 atom stereocenters. The molecule has 1 N–H and O–H groups in total. The lowest BCUT2D eigenvalue weighted by Gasteiger charge is -1.98. The zero-order valence-electron chi connectivity index (χ0n) is 7.40. The molecule has 0 aliphatic carbocycles. The average molecular weight is 177 g/mol. The van der Waals surface area contributed by atoms with E-state index in [2.05, 4.69) is 4.98 Å². The van der Waals surface area contributed by atoms with Crippen LogP contribution in [0.25, 0.3) is 6.08 Å². The third kappa shape index (κ3) is 2.71. The second-order valence-electron chi connectivity index (χ2n) is 2.66. The molecule has 0 fully saturated rings. The standard InChI is InChI=1S/C10H11NO2/c1-8-5-6-10(13)9(11-8)4-2-3-7-12/h2,4-7,13H,3H2,1H3. The van der Waals surface area contributed by atoms with Gasteiger partial charge in [-0.1, -0.05) is 6.08 Å². The molecule has 1 aromatic heterocycles. The summed E-state index contributed by atoms with van der Waals surface area (Å²) < 4.78 is 0. The lowest BCUT2D eigenvalue weighted by Crippen LogP contribution is -1.85. The highest BCUT2D eigenvalue weighted by Crippen LogP contribution is 2.15. The van der Waals surface area contributed by atoms with Crippen molar-refractivity contribution in [2.45, 2.75) is 13.3 Å². The van der Waals surface area contributed by atoms with Crippen molar-refractivity contribution in [2.24, 2.45) is 0 Å². The summed E-state index contributed by atoms with van der Waals surface area (Å²) in [5, 5.41) is 9.33. The largest absolute Gasteiger partial charge is 0.506 e. The van der Waals surface area contributed by atoms with E-state index < -0.39 is 0 Å². The summed E-state index contributed by atoms with van der Waals surface area (Å²) in [5.74, 6) is 0.132. The minimum atomic E-state index is 0.132. The zero-order chi connectivity index (χ0) is 9.68. The molecule has 0 unspecified atom stereocenters. The Hall–Kier alpha value is -1.64. The number of aldehydes is 1. The molecule has 1 aromatic rings. The Morgan fingerprint density at radius 2 is 2.31 bits per heavy atom. The van der Waals surface area contributed by atoms with Crippen LogP contribution in [0.3, 0.4) is 0 Å². The predicted molar refractivity (Wildman–Crippen MR) is 50.4 cm³/mol. The van der Waals surface area contributed by atoms with Gasteiger partial charge in [0.05, 0.1) is 0 Å². The van der Waals surface area contributed by atoms with Crippen LogP contribution in [0, 0.1) is 6.92 Å². The van der Waals surface area contributed by atoms with Crippen LogP contribution < -0.4 is 0 Å². The van der Waals surface area contributed by atoms with Gasteiger partial charge in [-0.05, 0) is 25.1 Å². The van der Waals surface area contributed by atoms with Gasteiger partial charge in [-0.15, -0.1) is 0 Å². The fourth-order valence-electron chi connectivity index (χ4n) is 0.927. The van der Waals surface area contributed by atoms with Crippen molar-refractivity contribution in [2.75, 3.05) is 0 Å². The van der Waals surface area contributed by atoms with E-state index in [1.54, 1.807) is 24.3 Å². The molecule has 0 amide bonds. The molecule has 1 heterocycles. The lowest BCUT2D eigenvalue weighted by atomic mass is 10.2. The van der Waals surface area contributed by atoms with Gasteiger partial charge in [0.15, 0.2) is 0 Å². The Labute approximate surface area is 76.7 Å². The van der Waals surface area contributed by atoms with Crippen molar-refractivity contribution in [1.29, 1.82) is 0 Å². The van der Waals surface area contributed by atoms with Crippen molar-refractivity contribution >= 4 is 12.4 Å². The molecule has 13 heavy (non-hydrogen) atoms. The third-order valence-electron chi connectivity index (χ3n) is 1.55. The van der Waals surface area contributed by atoms with Crippen molar-refractivity contribution in [3.8, 4) is 5.75 Å². The number of carbonyl (C=O) groups is 1. The van der Waals surface area contributed by atoms with Crippen LogP contribution >= 0.6 is 0 Å². The van der Waals surface area contributed by atoms with Gasteiger partial charge in [0.25, 0.3) is 0 Å². The summed E-state index contributed by atoms with van der Waals surface area (Å²) in [5.41, 5.74) is 1.34. The maximum Gasteiger partial charge on any atom is 0.141 e. The predicted octanol–water partition coefficient (Wildman–Crippen LogP) is 1.70. The normalized spacial score (nSPS) is 10.5. The van der Waals surface area contributed by atoms with Gasteiger partial charge >= 0.3 is 0 Å². The number of hydrogen-bond donors (Lipinski definition) is 1. The minimum absolute atomic E-state index is 0.132. The van der Waals surface area contributed by atoms with E-state index in [-0.39, 0.29) is 5.75 Å². The van der Waals surface area contributed by atoms with E-state index >= 15 is 0 Å². The first-order chi connectivity index (χ1) is 6.24. The maximum atomic E-state index is 10.0. The summed E-state index contributed by atoms with van der Waals surface area (Å²) in [6, 6.07) is 3.31. The molecule has 3 heteroatoms. The van der Waals surface area contributed by atoms with Gasteiger partial charge < -0.3 is 9.90 Å². The summed E-state index contributed by atoms with van der Waals surface area (Å²) in [6.45, 7) is 1.84. The van der Waals surface area contributed by atoms with Gasteiger partial charge in [-0.3, -0.25) is 0 Å². The molecule has 0 saturated carbocycles. The number of carbonyl (C=O) groups excluding carboxylic acids is 1. The molecule has 0 aromatic carbocycles. The van der Waals surface area contributed by atoms with Crippen LogP contribution in [-0.2, 0) is 4.79 Å². The molecule has 0 aliphatic rings. The number of aromatic hydroxyl groups is 1. The molecule has 0 spiro atoms. The SMILES string of the molecule is Cc1ccc(O)c(C=CCC=O)n1. The van der Waals surface area contributed by atoms with Crippen molar-refractivity contribution < 1.29 is 9.90 Å². The quantitative estimate of drug-likeness (QED) is 0.715. The van der Waals surface area contributed by atoms with Crippen LogP contribution in [0.1, 0.15) is 17.8 Å². The highest BCUT2D eigenvalue weighted by Gasteiger charge is 1.97. The number of aryl methyl sites for hydroxylation is 1. The van der Waals surface area contributed by atoms with Crippen molar-refractivity contribution in [3.05, 3.63) is 29.6 Å². The maximum absolute atomic E-state index is 10.0. The lowest BCUT2D eigenvalue weighted by molar-refractivity contribution is -0.107. The van der Waals surface area contributed by atoms with Gasteiger partial charge in [-0.25, -0.2) is 4.98 Å². The Balaban J connectivity index is 2.86. The smallest absolute Gasteiger partial charge is 0.141 e. The molecule has 0 radical (unpaired) electrons. The van der Waals surface area contributed by atoms with E-state index in [4.69, 9.17) is 0 Å². The number of rotatable bonds is 3. The topological polar surface area (TPSA) is 50.2 Å². The number of hydrogen-bond acceptors (Lipinski definition) is 3. The van der Waals surface area contributed by atoms with E-state index in [0.29, 0.717) is 12.1 Å². The Kier molecular flexibility index (Phi) is 3.20. The number of pyridine rings is 1. The van der Waals surface area contributed by atoms with Gasteiger partial charge in [0, 0.05) is 12.1 Å². The zero-order valence-corrected chi connectivity index (χ0v) is 7.40. The van der Waals surface area contributed by atoms with Gasteiger partial charge in [0.1, 0.15) is 17.7 Å². The van der Waals surface area contributed by atoms with Gasteiger partial charge in [0.2, 0.25) is 0 Å². The summed E-state index contributed by atoms with van der Waals surface area (Å²) in [6.07, 6.45) is 4.43. The molecule has 3 nitrogen and oxygen atoms in total. The first kappa shape index (κ1) is 9.45. The Morgan fingerprint density at radius 1 is 1.54 bits per heavy atom. The number of aromatic nitrogens is 1. The van der Waals surface area contributed by atoms with Crippen LogP contribution in [0.4, 0.5) is 0 Å². The van der Waals surface area contributed by atoms with E-state index in [1.807, 2.05) is 6.92 Å². The second kappa shape index (κ2) is 4.40. The van der Waals surface area contributed by atoms with Crippen molar-refractivity contribution in [1.82, 2.24) is 4.98 Å². The van der Waals surface area contributed by atoms with Crippen LogP contribution in [0.2, 0.25) is 0 Å². The summed E-state index contributed by atoms with van der Waals surface area (Å²) >= 11 is 0. The fraction of sp³-hybridized carbons (Fsp3) is 0.200. The molecule has 68 valence electrons. The van der Waals surface area contributed by atoms with Crippen LogP contribution in [0.15, 0.2) is 18.2 Å². The molecule has 0 bridgehead atoms. The van der Waals surface area contributed by atoms with E-state index in [0.717, 1.165) is 12.0 Å². The highest BCUT2D eigenvalue weighted by atomic mass is 16.3. The molecule has 0 aliphatic heterocycles. The van der Waals surface area contributed by atoms with Crippen LogP contribution in [0.5, 0.6) is 5.75 Å². The van der Waals surface area contributed by atoms with Crippen LogP contribution in [-0.4, -0.2) is 16.4 Å². The fourth-order valence-corrected chi connectivity index (χ4v) is 0.927. The second-order valence-corrected chi connectivity index (χ2v) is 2.66. The molecule has 1 rings (SSSR count). The monoisotopic (exact) mass is 177 g/mol. The Morgan fingerprint density at radius 3 is 3.00 bits per heavy atom. The third-order valence-corrected chi connectivity index (χ3v) is 1.55. The van der Waals surface area contributed by atoms with Gasteiger partial charge in [-0.2, -0.15) is 0 Å². The highest BCUT2D eigenvalue weighted by molar-refractivity contribution is 5.59. The molecular weight excluding hydrogens is 166 g/mol. The average Bonchev–Trinajstić information content (AvgIpc) is 2.11. The first-order valence-electron chi connectivity index (χ1n) is 4.01. The molecular formula is C10H11NO2. The first-order valence-corrected chi connectivity index (χ1v) is 4.01. The molecule has 0 saturated heterocycles. The Bertz CT molecular complexity index is 332. The minimum Gasteiger partial charge on any atom is -0.506 e. The summed E-state index contributed by atoms with van der Waals surface area (Å²) in [4.78, 5) is 14.1. The van der Waals surface area contributed by atoms with Crippen molar-refractivity contribution in [3.63, 3.8) is 0 Å². The van der Waals surface area contributed by atoms with E-state index in [1.165, 1.54) is 0 Å². The number of nitrogens with zero attached hydrogens (tertiary/aromatic N) is 1.